The molecule has 5 aromatic heterocycles. The summed E-state index contributed by atoms with van der Waals surface area (Å²) in [4.78, 5) is 36.7. The Hall–Kier alpha value is -4.97. The number of nitrogens with zero attached hydrogens (tertiary/aromatic N) is 8. The Balaban J connectivity index is 1.13. The predicted octanol–water partition coefficient (Wildman–Crippen LogP) is 2.48. The molecule has 12 heteroatoms. The minimum Gasteiger partial charge on any atom is -0.324 e. The zero-order chi connectivity index (χ0) is 26.9. The van der Waals surface area contributed by atoms with Crippen molar-refractivity contribution in [3.8, 4) is 11.1 Å². The van der Waals surface area contributed by atoms with Gasteiger partial charge in [0, 0.05) is 49.9 Å². The lowest BCUT2D eigenvalue weighted by molar-refractivity contribution is -0.117. The molecule has 0 bridgehead atoms. The molecule has 196 valence electrons. The van der Waals surface area contributed by atoms with Gasteiger partial charge in [-0.05, 0) is 37.1 Å². The van der Waals surface area contributed by atoms with Gasteiger partial charge in [-0.1, -0.05) is 17.3 Å². The summed E-state index contributed by atoms with van der Waals surface area (Å²) in [6.45, 7) is 3.44. The number of pyridine rings is 3. The van der Waals surface area contributed by atoms with Gasteiger partial charge in [0.2, 0.25) is 5.91 Å². The maximum atomic E-state index is 13.1. The molecule has 12 nitrogen and oxygen atoms in total. The lowest BCUT2D eigenvalue weighted by atomic mass is 10.1. The molecule has 0 saturated carbocycles. The average molecular weight is 523 g/mol. The van der Waals surface area contributed by atoms with Crippen molar-refractivity contribution in [2.75, 3.05) is 23.7 Å². The maximum absolute atomic E-state index is 13.1. The molecule has 6 heterocycles. The van der Waals surface area contributed by atoms with Gasteiger partial charge >= 0.3 is 0 Å². The Kier molecular flexibility index (Phi) is 6.29. The Morgan fingerprint density at radius 3 is 2.79 bits per heavy atom. The van der Waals surface area contributed by atoms with E-state index in [1.54, 1.807) is 53.0 Å². The maximum Gasteiger partial charge on any atom is 0.278 e. The standard InChI is InChI=1S/C27H26N10O2/c1-17-22(10-21(12-29-17)31-25(38)16-36-9-7-18-4-3-8-28-23(18)15-36)32-27(39)26-24-6-5-19(14-37(24)34-33-26)20-11-30-35(2)13-20/h3-6,8,10-14H,7,9,15-16H2,1-2H3,(H,31,38)(H,32,39). The highest BCUT2D eigenvalue weighted by Gasteiger charge is 2.20. The number of fused-ring (bicyclic) bond motifs is 2. The van der Waals surface area contributed by atoms with Gasteiger partial charge < -0.3 is 10.6 Å². The van der Waals surface area contributed by atoms with E-state index in [-0.39, 0.29) is 18.1 Å². The summed E-state index contributed by atoms with van der Waals surface area (Å²) in [5, 5.41) is 18.2. The smallest absolute Gasteiger partial charge is 0.278 e. The molecule has 0 radical (unpaired) electrons. The first-order chi connectivity index (χ1) is 18.9. The fourth-order valence-corrected chi connectivity index (χ4v) is 4.66. The molecule has 0 atom stereocenters. The van der Waals surface area contributed by atoms with Gasteiger partial charge in [-0.3, -0.25) is 29.1 Å². The average Bonchev–Trinajstić information content (AvgIpc) is 3.56. The highest BCUT2D eigenvalue weighted by molar-refractivity contribution is 6.08. The van der Waals surface area contributed by atoms with Crippen LogP contribution in [0.5, 0.6) is 0 Å². The van der Waals surface area contributed by atoms with Crippen LogP contribution in [0, 0.1) is 6.92 Å². The summed E-state index contributed by atoms with van der Waals surface area (Å²) in [6.07, 6.45) is 9.67. The molecule has 1 aliphatic rings. The van der Waals surface area contributed by atoms with Crippen molar-refractivity contribution in [2.45, 2.75) is 19.9 Å². The SMILES string of the molecule is Cc1ncc(NC(=O)CN2CCc3cccnc3C2)cc1NC(=O)c1nnn2cc(-c3cnn(C)c3)ccc12. The van der Waals surface area contributed by atoms with Crippen molar-refractivity contribution < 1.29 is 9.59 Å². The number of amides is 2. The van der Waals surface area contributed by atoms with Crippen molar-refractivity contribution in [2.24, 2.45) is 7.05 Å². The third kappa shape index (κ3) is 5.09. The molecule has 2 amide bonds. The van der Waals surface area contributed by atoms with E-state index in [9.17, 15) is 9.59 Å². The number of carbonyl (C=O) groups is 2. The van der Waals surface area contributed by atoms with Gasteiger partial charge in [-0.25, -0.2) is 4.52 Å². The summed E-state index contributed by atoms with van der Waals surface area (Å²) in [5.74, 6) is -0.585. The Morgan fingerprint density at radius 2 is 1.95 bits per heavy atom. The molecule has 0 aliphatic carbocycles. The van der Waals surface area contributed by atoms with Crippen molar-refractivity contribution in [3.63, 3.8) is 0 Å². The van der Waals surface area contributed by atoms with E-state index in [0.29, 0.717) is 29.1 Å². The van der Waals surface area contributed by atoms with Crippen LogP contribution in [0.1, 0.15) is 27.4 Å². The van der Waals surface area contributed by atoms with Crippen LogP contribution in [0.4, 0.5) is 11.4 Å². The minimum absolute atomic E-state index is 0.161. The summed E-state index contributed by atoms with van der Waals surface area (Å²) >= 11 is 0. The Labute approximate surface area is 223 Å². The van der Waals surface area contributed by atoms with Crippen LogP contribution in [0.25, 0.3) is 16.6 Å². The van der Waals surface area contributed by atoms with Crippen LogP contribution >= 0.6 is 0 Å². The molecule has 0 fully saturated rings. The van der Waals surface area contributed by atoms with Gasteiger partial charge in [-0.2, -0.15) is 5.10 Å². The van der Waals surface area contributed by atoms with Crippen LogP contribution in [0.15, 0.2) is 61.3 Å². The van der Waals surface area contributed by atoms with Crippen LogP contribution in [0.2, 0.25) is 0 Å². The molecule has 0 spiro atoms. The molecule has 5 aromatic rings. The quantitative estimate of drug-likeness (QED) is 0.347. The Morgan fingerprint density at radius 1 is 1.05 bits per heavy atom. The molecule has 2 N–H and O–H groups in total. The number of aromatic nitrogens is 7. The summed E-state index contributed by atoms with van der Waals surface area (Å²) in [7, 11) is 1.85. The number of hydrogen-bond donors (Lipinski definition) is 2. The van der Waals surface area contributed by atoms with Crippen molar-refractivity contribution in [3.05, 3.63) is 84.0 Å². The molecule has 6 rings (SSSR count). The molecule has 39 heavy (non-hydrogen) atoms. The third-order valence-corrected chi connectivity index (χ3v) is 6.71. The number of aryl methyl sites for hydroxylation is 2. The lowest BCUT2D eigenvalue weighted by Crippen LogP contribution is -2.37. The first kappa shape index (κ1) is 24.4. The van der Waals surface area contributed by atoms with Gasteiger partial charge in [0.25, 0.3) is 5.91 Å². The van der Waals surface area contributed by atoms with E-state index in [0.717, 1.165) is 29.8 Å². The molecule has 1 aliphatic heterocycles. The topological polar surface area (TPSA) is 135 Å². The number of carbonyl (C=O) groups excluding carboxylic acids is 2. The number of nitrogens with one attached hydrogen (secondary N) is 2. The van der Waals surface area contributed by atoms with E-state index in [1.807, 2.05) is 25.4 Å². The van der Waals surface area contributed by atoms with Gasteiger partial charge in [0.1, 0.15) is 0 Å². The van der Waals surface area contributed by atoms with E-state index in [1.165, 1.54) is 5.56 Å². The van der Waals surface area contributed by atoms with Crippen LogP contribution in [-0.2, 0) is 24.8 Å². The van der Waals surface area contributed by atoms with Crippen molar-refractivity contribution >= 4 is 28.7 Å². The Bertz CT molecular complexity index is 1710. The minimum atomic E-state index is -0.424. The molecule has 0 unspecified atom stereocenters. The number of hydrogen-bond acceptors (Lipinski definition) is 8. The second kappa shape index (κ2) is 10.1. The van der Waals surface area contributed by atoms with E-state index in [4.69, 9.17) is 0 Å². The second-order valence-electron chi connectivity index (χ2n) is 9.52. The number of rotatable bonds is 6. The largest absolute Gasteiger partial charge is 0.324 e. The van der Waals surface area contributed by atoms with E-state index < -0.39 is 5.91 Å². The molecular weight excluding hydrogens is 496 g/mol. The fourth-order valence-electron chi connectivity index (χ4n) is 4.66. The highest BCUT2D eigenvalue weighted by atomic mass is 16.2. The van der Waals surface area contributed by atoms with Crippen LogP contribution in [0.3, 0.4) is 0 Å². The zero-order valence-corrected chi connectivity index (χ0v) is 21.5. The summed E-state index contributed by atoms with van der Waals surface area (Å²) in [6, 6.07) is 9.40. The van der Waals surface area contributed by atoms with Gasteiger partial charge in [0.15, 0.2) is 5.69 Å². The van der Waals surface area contributed by atoms with Crippen LogP contribution in [-0.4, -0.2) is 64.4 Å². The molecule has 0 aromatic carbocycles. The van der Waals surface area contributed by atoms with E-state index in [2.05, 4.69) is 47.0 Å². The summed E-state index contributed by atoms with van der Waals surface area (Å²) < 4.78 is 3.28. The second-order valence-corrected chi connectivity index (χ2v) is 9.52. The first-order valence-electron chi connectivity index (χ1n) is 12.5. The first-order valence-corrected chi connectivity index (χ1v) is 12.5. The lowest BCUT2D eigenvalue weighted by Gasteiger charge is -2.27. The molecular formula is C27H26N10O2. The van der Waals surface area contributed by atoms with Crippen molar-refractivity contribution in [1.82, 2.24) is 39.5 Å². The zero-order valence-electron chi connectivity index (χ0n) is 21.5. The van der Waals surface area contributed by atoms with Crippen LogP contribution < -0.4 is 10.6 Å². The highest BCUT2D eigenvalue weighted by Crippen LogP contribution is 2.22. The predicted molar refractivity (Wildman–Crippen MR) is 144 cm³/mol. The monoisotopic (exact) mass is 522 g/mol. The van der Waals surface area contributed by atoms with E-state index >= 15 is 0 Å². The molecule has 0 saturated heterocycles. The normalized spacial score (nSPS) is 13.3. The van der Waals surface area contributed by atoms with Gasteiger partial charge in [-0.15, -0.1) is 5.10 Å². The van der Waals surface area contributed by atoms with Gasteiger partial charge in [0.05, 0.1) is 47.2 Å². The van der Waals surface area contributed by atoms with Crippen molar-refractivity contribution in [1.29, 1.82) is 0 Å². The fraction of sp³-hybridized carbons (Fsp3) is 0.222. The third-order valence-electron chi connectivity index (χ3n) is 6.71. The number of anilines is 2. The summed E-state index contributed by atoms with van der Waals surface area (Å²) in [5.41, 5.74) is 6.39.